The van der Waals surface area contributed by atoms with Crippen LogP contribution in [0.1, 0.15) is 15.9 Å². The quantitative estimate of drug-likeness (QED) is 0.554. The van der Waals surface area contributed by atoms with Gasteiger partial charge in [0.1, 0.15) is 0 Å². The molecule has 0 saturated heterocycles. The molecule has 0 unspecified atom stereocenters. The zero-order valence-corrected chi connectivity index (χ0v) is 8.25. The molecule has 0 aliphatic carbocycles. The molecular weight excluding hydrogens is 218 g/mol. The second-order valence-electron chi connectivity index (χ2n) is 2.21. The molecule has 0 atom stereocenters. The summed E-state index contributed by atoms with van der Waals surface area (Å²) in [6, 6.07) is 4.86. The van der Waals surface area contributed by atoms with E-state index in [1.807, 2.05) is 0 Å². The van der Waals surface area contributed by atoms with Crippen LogP contribution >= 0.6 is 34.8 Å². The summed E-state index contributed by atoms with van der Waals surface area (Å²) in [6.45, 7) is 0. The van der Waals surface area contributed by atoms with Crippen LogP contribution in [0.2, 0.25) is 5.02 Å². The lowest BCUT2D eigenvalue weighted by molar-refractivity contribution is 0.108. The van der Waals surface area contributed by atoms with E-state index in [1.54, 1.807) is 12.1 Å². The number of benzene rings is 1. The lowest BCUT2D eigenvalue weighted by Gasteiger charge is -2.01. The molecule has 4 heteroatoms. The first-order valence-corrected chi connectivity index (χ1v) is 4.48. The molecule has 0 heterocycles. The van der Waals surface area contributed by atoms with Crippen molar-refractivity contribution in [1.82, 2.24) is 0 Å². The van der Waals surface area contributed by atoms with Crippen molar-refractivity contribution in [1.29, 1.82) is 0 Å². The minimum atomic E-state index is -0.534. The fourth-order valence-electron chi connectivity index (χ4n) is 0.848. The maximum atomic E-state index is 10.8. The van der Waals surface area contributed by atoms with Crippen molar-refractivity contribution in [3.8, 4) is 0 Å². The number of hydrogen-bond donors (Lipinski definition) is 0. The van der Waals surface area contributed by atoms with Crippen LogP contribution in [0.25, 0.3) is 0 Å². The minimum Gasteiger partial charge on any atom is -0.276 e. The highest BCUT2D eigenvalue weighted by molar-refractivity contribution is 6.68. The Balaban J connectivity index is 3.21. The van der Waals surface area contributed by atoms with Gasteiger partial charge in [0.2, 0.25) is 0 Å². The summed E-state index contributed by atoms with van der Waals surface area (Å²) in [7, 11) is 0. The maximum absolute atomic E-state index is 10.8. The monoisotopic (exact) mass is 222 g/mol. The van der Waals surface area contributed by atoms with E-state index in [-0.39, 0.29) is 5.88 Å². The first kappa shape index (κ1) is 9.85. The van der Waals surface area contributed by atoms with Gasteiger partial charge < -0.3 is 0 Å². The predicted octanol–water partition coefficient (Wildman–Crippen LogP) is 3.46. The molecule has 0 bridgehead atoms. The number of rotatable bonds is 2. The van der Waals surface area contributed by atoms with Crippen LogP contribution in [0.4, 0.5) is 0 Å². The maximum Gasteiger partial charge on any atom is 0.252 e. The van der Waals surface area contributed by atoms with Crippen LogP contribution in [-0.4, -0.2) is 5.24 Å². The van der Waals surface area contributed by atoms with Gasteiger partial charge in [0.05, 0.1) is 0 Å². The van der Waals surface area contributed by atoms with E-state index in [9.17, 15) is 4.79 Å². The molecule has 1 aromatic carbocycles. The number of carbonyl (C=O) groups is 1. The van der Waals surface area contributed by atoms with Crippen LogP contribution in [0, 0.1) is 0 Å². The van der Waals surface area contributed by atoms with Gasteiger partial charge in [-0.15, -0.1) is 11.6 Å². The Bertz CT molecular complexity index is 309. The van der Waals surface area contributed by atoms with Gasteiger partial charge in [-0.05, 0) is 29.3 Å². The van der Waals surface area contributed by atoms with E-state index in [0.717, 1.165) is 0 Å². The third kappa shape index (κ3) is 2.13. The second kappa shape index (κ2) is 4.13. The summed E-state index contributed by atoms with van der Waals surface area (Å²) >= 11 is 16.5. The lowest BCUT2D eigenvalue weighted by atomic mass is 10.1. The van der Waals surface area contributed by atoms with Gasteiger partial charge in [0, 0.05) is 16.5 Å². The second-order valence-corrected chi connectivity index (χ2v) is 3.26. The molecule has 0 N–H and O–H groups in total. The Hall–Kier alpha value is -0.240. The summed E-state index contributed by atoms with van der Waals surface area (Å²) in [6.07, 6.45) is 0. The number of carbonyl (C=O) groups excluding carboxylic acids is 1. The van der Waals surface area contributed by atoms with Gasteiger partial charge in [-0.3, -0.25) is 4.79 Å². The average Bonchev–Trinajstić information content (AvgIpc) is 2.04. The van der Waals surface area contributed by atoms with E-state index in [2.05, 4.69) is 0 Å². The Morgan fingerprint density at radius 2 is 2.08 bits per heavy atom. The third-order valence-electron chi connectivity index (χ3n) is 1.43. The Labute approximate surface area is 85.2 Å². The van der Waals surface area contributed by atoms with Crippen LogP contribution in [-0.2, 0) is 5.88 Å². The molecule has 0 aliphatic rings. The molecule has 0 spiro atoms. The number of alkyl halides is 1. The molecule has 0 radical (unpaired) electrons. The molecule has 0 aromatic heterocycles. The third-order valence-corrected chi connectivity index (χ3v) is 2.15. The predicted molar refractivity (Wildman–Crippen MR) is 51.2 cm³/mol. The smallest absolute Gasteiger partial charge is 0.252 e. The molecule has 0 amide bonds. The Morgan fingerprint density at radius 1 is 1.42 bits per heavy atom. The van der Waals surface area contributed by atoms with Crippen LogP contribution < -0.4 is 0 Å². The Kier molecular flexibility index (Phi) is 3.39. The number of halogens is 3. The van der Waals surface area contributed by atoms with Crippen molar-refractivity contribution in [2.45, 2.75) is 5.88 Å². The van der Waals surface area contributed by atoms with Crippen LogP contribution in [0.3, 0.4) is 0 Å². The first-order valence-electron chi connectivity index (χ1n) is 3.19. The van der Waals surface area contributed by atoms with E-state index in [4.69, 9.17) is 34.8 Å². The van der Waals surface area contributed by atoms with Gasteiger partial charge in [0.25, 0.3) is 5.24 Å². The van der Waals surface area contributed by atoms with Gasteiger partial charge in [-0.2, -0.15) is 0 Å². The largest absolute Gasteiger partial charge is 0.276 e. The van der Waals surface area contributed by atoms with Crippen LogP contribution in [0.5, 0.6) is 0 Å². The fraction of sp³-hybridized carbons (Fsp3) is 0.125. The van der Waals surface area contributed by atoms with Gasteiger partial charge in [-0.1, -0.05) is 17.7 Å². The molecular formula is C8H5Cl3O. The Morgan fingerprint density at radius 3 is 2.58 bits per heavy atom. The van der Waals surface area contributed by atoms with Crippen molar-refractivity contribution in [3.05, 3.63) is 34.3 Å². The molecule has 0 fully saturated rings. The highest BCUT2D eigenvalue weighted by Crippen LogP contribution is 2.19. The fourth-order valence-corrected chi connectivity index (χ4v) is 1.43. The summed E-state index contributed by atoms with van der Waals surface area (Å²) < 4.78 is 0. The summed E-state index contributed by atoms with van der Waals surface area (Å²) in [5.74, 6) is 0.255. The van der Waals surface area contributed by atoms with Crippen molar-refractivity contribution in [2.75, 3.05) is 0 Å². The van der Waals surface area contributed by atoms with Gasteiger partial charge in [0.15, 0.2) is 0 Å². The van der Waals surface area contributed by atoms with Gasteiger partial charge >= 0.3 is 0 Å². The SMILES string of the molecule is O=C(Cl)c1cc(Cl)ccc1CCl. The van der Waals surface area contributed by atoms with Crippen molar-refractivity contribution < 1.29 is 4.79 Å². The van der Waals surface area contributed by atoms with E-state index < -0.39 is 5.24 Å². The number of hydrogen-bond acceptors (Lipinski definition) is 1. The van der Waals surface area contributed by atoms with Crippen molar-refractivity contribution in [3.63, 3.8) is 0 Å². The van der Waals surface area contributed by atoms with Gasteiger partial charge in [-0.25, -0.2) is 0 Å². The highest BCUT2D eigenvalue weighted by Gasteiger charge is 2.08. The molecule has 64 valence electrons. The molecule has 1 nitrogen and oxygen atoms in total. The van der Waals surface area contributed by atoms with E-state index in [0.29, 0.717) is 16.1 Å². The van der Waals surface area contributed by atoms with Crippen molar-refractivity contribution in [2.24, 2.45) is 0 Å². The molecule has 1 aromatic rings. The van der Waals surface area contributed by atoms with E-state index >= 15 is 0 Å². The van der Waals surface area contributed by atoms with Crippen molar-refractivity contribution >= 4 is 40.0 Å². The lowest BCUT2D eigenvalue weighted by Crippen LogP contribution is -1.94. The van der Waals surface area contributed by atoms with Crippen LogP contribution in [0.15, 0.2) is 18.2 Å². The molecule has 0 aliphatic heterocycles. The minimum absolute atomic E-state index is 0.255. The van der Waals surface area contributed by atoms with E-state index in [1.165, 1.54) is 6.07 Å². The topological polar surface area (TPSA) is 17.1 Å². The molecule has 12 heavy (non-hydrogen) atoms. The summed E-state index contributed by atoms with van der Waals surface area (Å²) in [5, 5.41) is -0.0546. The first-order chi connectivity index (χ1) is 5.65. The zero-order chi connectivity index (χ0) is 9.14. The normalized spacial score (nSPS) is 9.92. The molecule has 0 saturated carbocycles. The molecule has 1 rings (SSSR count). The zero-order valence-electron chi connectivity index (χ0n) is 5.98. The average molecular weight is 223 g/mol. The summed E-state index contributed by atoms with van der Waals surface area (Å²) in [5.41, 5.74) is 1.07. The highest BCUT2D eigenvalue weighted by atomic mass is 35.5. The summed E-state index contributed by atoms with van der Waals surface area (Å²) in [4.78, 5) is 10.8. The standard InChI is InChI=1S/C8H5Cl3O/c9-4-5-1-2-6(10)3-7(5)8(11)12/h1-3H,4H2.